The Kier molecular flexibility index (Phi) is 3.73. The van der Waals surface area contributed by atoms with E-state index in [-0.39, 0.29) is 12.6 Å². The predicted octanol–water partition coefficient (Wildman–Crippen LogP) is 0.0288. The molecule has 0 aromatic carbocycles. The summed E-state index contributed by atoms with van der Waals surface area (Å²) in [6, 6.07) is 0. The quantitative estimate of drug-likeness (QED) is 0.730. The number of carboxylic acids is 1. The first-order chi connectivity index (χ1) is 7.75. The van der Waals surface area contributed by atoms with Crippen molar-refractivity contribution in [2.24, 2.45) is 0 Å². The highest BCUT2D eigenvalue weighted by atomic mass is 32.2. The lowest BCUT2D eigenvalue weighted by atomic mass is 10.3. The van der Waals surface area contributed by atoms with Crippen LogP contribution in [0.2, 0.25) is 0 Å². The van der Waals surface area contributed by atoms with E-state index in [0.29, 0.717) is 5.16 Å². The molecule has 88 valence electrons. The van der Waals surface area contributed by atoms with Crippen molar-refractivity contribution in [1.29, 1.82) is 0 Å². The molecule has 1 saturated heterocycles. The number of rotatable bonds is 5. The Balaban J connectivity index is 1.88. The standard InChI is InChI=1S/C8H12N4O3S/c13-7(14)4-12-8(9-10-11-12)16-5-6-2-1-3-15-6/h6H,1-5H2,(H,13,14). The van der Waals surface area contributed by atoms with Crippen LogP contribution in [0.5, 0.6) is 0 Å². The highest BCUT2D eigenvalue weighted by Gasteiger charge is 2.18. The van der Waals surface area contributed by atoms with Gasteiger partial charge in [0.2, 0.25) is 5.16 Å². The van der Waals surface area contributed by atoms with E-state index >= 15 is 0 Å². The number of aliphatic carboxylic acids is 1. The summed E-state index contributed by atoms with van der Waals surface area (Å²) < 4.78 is 6.74. The van der Waals surface area contributed by atoms with Crippen LogP contribution in [0.15, 0.2) is 5.16 Å². The smallest absolute Gasteiger partial charge is 0.325 e. The summed E-state index contributed by atoms with van der Waals surface area (Å²) in [6.07, 6.45) is 2.37. The monoisotopic (exact) mass is 244 g/mol. The molecule has 8 heteroatoms. The van der Waals surface area contributed by atoms with Gasteiger partial charge in [-0.05, 0) is 23.3 Å². The van der Waals surface area contributed by atoms with Gasteiger partial charge in [-0.25, -0.2) is 4.68 Å². The number of aromatic nitrogens is 4. The SMILES string of the molecule is O=C(O)Cn1nnnc1SCC1CCCO1. The summed E-state index contributed by atoms with van der Waals surface area (Å²) in [5, 5.41) is 20.0. The average molecular weight is 244 g/mol. The van der Waals surface area contributed by atoms with Gasteiger partial charge >= 0.3 is 5.97 Å². The second-order valence-electron chi connectivity index (χ2n) is 3.46. The maximum absolute atomic E-state index is 10.5. The van der Waals surface area contributed by atoms with Crippen LogP contribution in [0.25, 0.3) is 0 Å². The van der Waals surface area contributed by atoms with Crippen molar-refractivity contribution in [3.63, 3.8) is 0 Å². The molecular formula is C8H12N4O3S. The number of hydrogen-bond donors (Lipinski definition) is 1. The van der Waals surface area contributed by atoms with Crippen LogP contribution in [0.1, 0.15) is 12.8 Å². The molecule has 0 amide bonds. The van der Waals surface area contributed by atoms with Crippen LogP contribution in [0.3, 0.4) is 0 Å². The van der Waals surface area contributed by atoms with Gasteiger partial charge in [-0.3, -0.25) is 4.79 Å². The average Bonchev–Trinajstić information content (AvgIpc) is 2.84. The van der Waals surface area contributed by atoms with E-state index in [1.54, 1.807) is 0 Å². The summed E-state index contributed by atoms with van der Waals surface area (Å²) in [6.45, 7) is 0.603. The van der Waals surface area contributed by atoms with Gasteiger partial charge in [0, 0.05) is 12.4 Å². The van der Waals surface area contributed by atoms with Gasteiger partial charge < -0.3 is 9.84 Å². The molecule has 0 aliphatic carbocycles. The molecule has 1 aliphatic rings. The van der Waals surface area contributed by atoms with E-state index in [1.165, 1.54) is 16.4 Å². The van der Waals surface area contributed by atoms with Crippen molar-refractivity contribution in [3.8, 4) is 0 Å². The number of hydrogen-bond acceptors (Lipinski definition) is 6. The fourth-order valence-corrected chi connectivity index (χ4v) is 2.41. The lowest BCUT2D eigenvalue weighted by molar-refractivity contribution is -0.138. The molecule has 0 bridgehead atoms. The van der Waals surface area contributed by atoms with Gasteiger partial charge in [-0.1, -0.05) is 11.8 Å². The van der Waals surface area contributed by atoms with E-state index in [2.05, 4.69) is 15.5 Å². The number of carbonyl (C=O) groups is 1. The number of carboxylic acid groups (broad SMARTS) is 1. The Morgan fingerprint density at radius 3 is 3.25 bits per heavy atom. The van der Waals surface area contributed by atoms with Crippen LogP contribution in [-0.2, 0) is 16.1 Å². The third-order valence-corrected chi connectivity index (χ3v) is 3.30. The summed E-state index contributed by atoms with van der Waals surface area (Å²) in [4.78, 5) is 10.5. The lowest BCUT2D eigenvalue weighted by Gasteiger charge is -2.07. The van der Waals surface area contributed by atoms with Gasteiger partial charge in [-0.15, -0.1) is 5.10 Å². The Labute approximate surface area is 96.2 Å². The summed E-state index contributed by atoms with van der Waals surface area (Å²) in [5.74, 6) is -0.189. The van der Waals surface area contributed by atoms with E-state index in [1.807, 2.05) is 0 Å². The summed E-state index contributed by atoms with van der Waals surface area (Å²) in [5.41, 5.74) is 0. The third-order valence-electron chi connectivity index (χ3n) is 2.21. The zero-order valence-corrected chi connectivity index (χ0v) is 9.39. The zero-order valence-electron chi connectivity index (χ0n) is 8.57. The van der Waals surface area contributed by atoms with Gasteiger partial charge in [0.15, 0.2) is 0 Å². The first-order valence-corrected chi connectivity index (χ1v) is 5.96. The van der Waals surface area contributed by atoms with Crippen LogP contribution in [0, 0.1) is 0 Å². The van der Waals surface area contributed by atoms with E-state index in [9.17, 15) is 4.79 Å². The van der Waals surface area contributed by atoms with Gasteiger partial charge in [-0.2, -0.15) is 0 Å². The van der Waals surface area contributed by atoms with Crippen molar-refractivity contribution < 1.29 is 14.6 Å². The lowest BCUT2D eigenvalue weighted by Crippen LogP contribution is -2.13. The minimum Gasteiger partial charge on any atom is -0.480 e. The molecule has 0 radical (unpaired) electrons. The Morgan fingerprint density at radius 2 is 2.56 bits per heavy atom. The minimum atomic E-state index is -0.953. The first-order valence-electron chi connectivity index (χ1n) is 4.98. The predicted molar refractivity (Wildman–Crippen MR) is 55.2 cm³/mol. The molecule has 1 unspecified atom stereocenters. The van der Waals surface area contributed by atoms with Gasteiger partial charge in [0.25, 0.3) is 0 Å². The number of thioether (sulfide) groups is 1. The van der Waals surface area contributed by atoms with Crippen molar-refractivity contribution >= 4 is 17.7 Å². The van der Waals surface area contributed by atoms with Gasteiger partial charge in [0.05, 0.1) is 6.10 Å². The van der Waals surface area contributed by atoms with Gasteiger partial charge in [0.1, 0.15) is 6.54 Å². The fourth-order valence-electron chi connectivity index (χ4n) is 1.47. The Hall–Kier alpha value is -1.15. The van der Waals surface area contributed by atoms with Crippen LogP contribution in [-0.4, -0.2) is 49.7 Å². The highest BCUT2D eigenvalue weighted by molar-refractivity contribution is 7.99. The Bertz CT molecular complexity index is 364. The molecule has 16 heavy (non-hydrogen) atoms. The normalized spacial score (nSPS) is 20.1. The largest absolute Gasteiger partial charge is 0.480 e. The summed E-state index contributed by atoms with van der Waals surface area (Å²) in [7, 11) is 0. The number of ether oxygens (including phenoxy) is 1. The van der Waals surface area contributed by atoms with E-state index < -0.39 is 5.97 Å². The summed E-state index contributed by atoms with van der Waals surface area (Å²) >= 11 is 1.43. The third kappa shape index (κ3) is 2.92. The van der Waals surface area contributed by atoms with Crippen molar-refractivity contribution in [1.82, 2.24) is 20.2 Å². The minimum absolute atomic E-state index is 0.207. The van der Waals surface area contributed by atoms with Crippen molar-refractivity contribution in [2.45, 2.75) is 30.6 Å². The molecule has 1 aromatic heterocycles. The van der Waals surface area contributed by atoms with Crippen molar-refractivity contribution in [2.75, 3.05) is 12.4 Å². The first kappa shape index (κ1) is 11.3. The second-order valence-corrected chi connectivity index (χ2v) is 4.45. The molecule has 0 saturated carbocycles. The molecule has 1 N–H and O–H groups in total. The molecular weight excluding hydrogens is 232 g/mol. The van der Waals surface area contributed by atoms with Crippen molar-refractivity contribution in [3.05, 3.63) is 0 Å². The number of tetrazole rings is 1. The zero-order chi connectivity index (χ0) is 11.4. The Morgan fingerprint density at radius 1 is 1.69 bits per heavy atom. The molecule has 1 aliphatic heterocycles. The maximum Gasteiger partial charge on any atom is 0.325 e. The highest BCUT2D eigenvalue weighted by Crippen LogP contribution is 2.21. The maximum atomic E-state index is 10.5. The van der Waals surface area contributed by atoms with E-state index in [4.69, 9.17) is 9.84 Å². The molecule has 2 heterocycles. The second kappa shape index (κ2) is 5.26. The molecule has 1 fully saturated rings. The van der Waals surface area contributed by atoms with Crippen LogP contribution < -0.4 is 0 Å². The fraction of sp³-hybridized carbons (Fsp3) is 0.750. The molecule has 1 aromatic rings. The number of nitrogens with zero attached hydrogens (tertiary/aromatic N) is 4. The van der Waals surface area contributed by atoms with Crippen LogP contribution in [0.4, 0.5) is 0 Å². The van der Waals surface area contributed by atoms with Crippen LogP contribution >= 0.6 is 11.8 Å². The molecule has 0 spiro atoms. The molecule has 1 atom stereocenters. The molecule has 7 nitrogen and oxygen atoms in total. The topological polar surface area (TPSA) is 90.1 Å². The van der Waals surface area contributed by atoms with E-state index in [0.717, 1.165) is 25.2 Å². The molecule has 2 rings (SSSR count).